The van der Waals surface area contributed by atoms with Gasteiger partial charge >= 0.3 is 0 Å². The Labute approximate surface area is 156 Å². The summed E-state index contributed by atoms with van der Waals surface area (Å²) in [5, 5.41) is 13.9. The van der Waals surface area contributed by atoms with Crippen molar-refractivity contribution in [2.24, 2.45) is 5.92 Å². The van der Waals surface area contributed by atoms with Crippen LogP contribution in [0.5, 0.6) is 0 Å². The third-order valence-electron chi connectivity index (χ3n) is 5.86. The number of aliphatic hydroxyl groups is 1. The van der Waals surface area contributed by atoms with Gasteiger partial charge in [0.1, 0.15) is 6.10 Å². The van der Waals surface area contributed by atoms with E-state index < -0.39 is 11.6 Å². The first-order valence-corrected chi connectivity index (χ1v) is 9.27. The highest BCUT2D eigenvalue weighted by Gasteiger charge is 2.50. The molecule has 26 heavy (non-hydrogen) atoms. The van der Waals surface area contributed by atoms with Gasteiger partial charge in [-0.1, -0.05) is 18.2 Å². The van der Waals surface area contributed by atoms with Crippen LogP contribution in [-0.4, -0.2) is 42.9 Å². The van der Waals surface area contributed by atoms with Crippen LogP contribution in [0.2, 0.25) is 0 Å². The molecular weight excluding hydrogens is 328 g/mol. The largest absolute Gasteiger partial charge is 0.386 e. The van der Waals surface area contributed by atoms with E-state index in [1.54, 1.807) is 6.92 Å². The van der Waals surface area contributed by atoms with Gasteiger partial charge in [0.15, 0.2) is 0 Å². The van der Waals surface area contributed by atoms with Crippen LogP contribution in [0.15, 0.2) is 35.9 Å². The zero-order valence-corrected chi connectivity index (χ0v) is 16.3. The molecule has 0 unspecified atom stereocenters. The molecule has 142 valence electrons. The van der Waals surface area contributed by atoms with Gasteiger partial charge in [-0.25, -0.2) is 0 Å². The third kappa shape index (κ3) is 3.51. The molecule has 1 aromatic rings. The van der Waals surface area contributed by atoms with Crippen LogP contribution in [0.3, 0.4) is 0 Å². The lowest BCUT2D eigenvalue weighted by molar-refractivity contribution is -0.165. The Morgan fingerprint density at radius 1 is 1.31 bits per heavy atom. The van der Waals surface area contributed by atoms with Crippen molar-refractivity contribution in [3.05, 3.63) is 41.5 Å². The van der Waals surface area contributed by atoms with Crippen LogP contribution in [0.1, 0.15) is 45.3 Å². The van der Waals surface area contributed by atoms with Gasteiger partial charge in [-0.3, -0.25) is 4.79 Å². The van der Waals surface area contributed by atoms with Crippen molar-refractivity contribution in [3.8, 4) is 0 Å². The first kappa shape index (κ1) is 18.9. The van der Waals surface area contributed by atoms with E-state index in [0.717, 1.165) is 23.2 Å². The number of carbonyl (C=O) groups is 1. The summed E-state index contributed by atoms with van der Waals surface area (Å²) in [5.41, 5.74) is 2.73. The van der Waals surface area contributed by atoms with Crippen LogP contribution in [-0.2, 0) is 9.53 Å². The molecule has 5 heteroatoms. The summed E-state index contributed by atoms with van der Waals surface area (Å²) < 4.78 is 6.38. The summed E-state index contributed by atoms with van der Waals surface area (Å²) in [5.74, 6) is 0.0121. The lowest BCUT2D eigenvalue weighted by Gasteiger charge is -2.52. The second kappa shape index (κ2) is 7.05. The SMILES string of the molecule is CC(=O)N[C@@]1(C)C[C@@H](c2ccc(N(C)C)cc2)O[C@H]2[C@H](O)C(C)=CC[C@H]21. The molecule has 0 bridgehead atoms. The van der Waals surface area contributed by atoms with Gasteiger partial charge < -0.3 is 20.1 Å². The smallest absolute Gasteiger partial charge is 0.217 e. The number of fused-ring (bicyclic) bond motifs is 1. The summed E-state index contributed by atoms with van der Waals surface area (Å²) in [7, 11) is 4.02. The van der Waals surface area contributed by atoms with Gasteiger partial charge in [-0.05, 0) is 43.5 Å². The highest BCUT2D eigenvalue weighted by Crippen LogP contribution is 2.46. The number of ether oxygens (including phenoxy) is 1. The van der Waals surface area contributed by atoms with Crippen LogP contribution < -0.4 is 10.2 Å². The summed E-state index contributed by atoms with van der Waals surface area (Å²) >= 11 is 0. The number of rotatable bonds is 3. The van der Waals surface area contributed by atoms with Crippen molar-refractivity contribution in [2.45, 2.75) is 57.5 Å². The van der Waals surface area contributed by atoms with Gasteiger partial charge in [-0.15, -0.1) is 0 Å². The van der Waals surface area contributed by atoms with Gasteiger partial charge in [0.05, 0.1) is 12.2 Å². The normalized spacial score (nSPS) is 33.8. The van der Waals surface area contributed by atoms with E-state index in [1.165, 1.54) is 0 Å². The highest BCUT2D eigenvalue weighted by atomic mass is 16.5. The number of nitrogens with one attached hydrogen (secondary N) is 1. The molecular formula is C21H30N2O3. The number of allylic oxidation sites excluding steroid dienone is 1. The number of carbonyl (C=O) groups excluding carboxylic acids is 1. The zero-order valence-electron chi connectivity index (χ0n) is 16.3. The summed E-state index contributed by atoms with van der Waals surface area (Å²) in [4.78, 5) is 13.9. The monoisotopic (exact) mass is 358 g/mol. The molecule has 1 aliphatic carbocycles. The molecule has 2 aliphatic rings. The summed E-state index contributed by atoms with van der Waals surface area (Å²) in [6, 6.07) is 8.30. The van der Waals surface area contributed by atoms with Crippen LogP contribution in [0, 0.1) is 5.92 Å². The first-order valence-electron chi connectivity index (χ1n) is 9.27. The Bertz CT molecular complexity index is 698. The molecule has 1 fully saturated rings. The molecule has 5 nitrogen and oxygen atoms in total. The van der Waals surface area contributed by atoms with E-state index in [1.807, 2.05) is 21.0 Å². The summed E-state index contributed by atoms with van der Waals surface area (Å²) in [6.07, 6.45) is 2.45. The average Bonchev–Trinajstić information content (AvgIpc) is 2.57. The van der Waals surface area contributed by atoms with Crippen molar-refractivity contribution >= 4 is 11.6 Å². The molecule has 1 aromatic carbocycles. The van der Waals surface area contributed by atoms with E-state index in [2.05, 4.69) is 47.5 Å². The number of aliphatic hydroxyl groups excluding tert-OH is 1. The molecule has 0 spiro atoms. The zero-order chi connectivity index (χ0) is 19.1. The molecule has 1 heterocycles. The van der Waals surface area contributed by atoms with Gasteiger partial charge in [0.25, 0.3) is 0 Å². The summed E-state index contributed by atoms with van der Waals surface area (Å²) in [6.45, 7) is 5.57. The quantitative estimate of drug-likeness (QED) is 0.816. The average molecular weight is 358 g/mol. The molecule has 0 radical (unpaired) electrons. The maximum absolute atomic E-state index is 11.9. The molecule has 0 aromatic heterocycles. The Morgan fingerprint density at radius 2 is 1.96 bits per heavy atom. The second-order valence-corrected chi connectivity index (χ2v) is 8.11. The number of nitrogens with zero attached hydrogens (tertiary/aromatic N) is 1. The third-order valence-corrected chi connectivity index (χ3v) is 5.86. The number of hydrogen-bond acceptors (Lipinski definition) is 4. The van der Waals surface area contributed by atoms with E-state index in [-0.39, 0.29) is 24.0 Å². The number of amides is 1. The number of benzene rings is 1. The van der Waals surface area contributed by atoms with E-state index >= 15 is 0 Å². The van der Waals surface area contributed by atoms with Crippen LogP contribution in [0.25, 0.3) is 0 Å². The van der Waals surface area contributed by atoms with Crippen molar-refractivity contribution in [2.75, 3.05) is 19.0 Å². The maximum Gasteiger partial charge on any atom is 0.217 e. The minimum Gasteiger partial charge on any atom is -0.386 e. The van der Waals surface area contributed by atoms with Gasteiger partial charge in [-0.2, -0.15) is 0 Å². The van der Waals surface area contributed by atoms with Crippen molar-refractivity contribution in [1.29, 1.82) is 0 Å². The first-order chi connectivity index (χ1) is 12.2. The minimum atomic E-state index is -0.634. The predicted octanol–water partition coefficient (Wildman–Crippen LogP) is 2.80. The van der Waals surface area contributed by atoms with Crippen molar-refractivity contribution < 1.29 is 14.6 Å². The molecule has 1 aliphatic heterocycles. The lowest BCUT2D eigenvalue weighted by atomic mass is 9.68. The Kier molecular flexibility index (Phi) is 5.13. The highest BCUT2D eigenvalue weighted by molar-refractivity contribution is 5.74. The number of hydrogen-bond donors (Lipinski definition) is 2. The van der Waals surface area contributed by atoms with E-state index in [0.29, 0.717) is 6.42 Å². The molecule has 5 atom stereocenters. The van der Waals surface area contributed by atoms with Crippen LogP contribution >= 0.6 is 0 Å². The predicted molar refractivity (Wildman–Crippen MR) is 103 cm³/mol. The second-order valence-electron chi connectivity index (χ2n) is 8.11. The maximum atomic E-state index is 11.9. The molecule has 1 saturated heterocycles. The molecule has 0 saturated carbocycles. The number of anilines is 1. The minimum absolute atomic E-state index is 0.0457. The van der Waals surface area contributed by atoms with E-state index in [4.69, 9.17) is 4.74 Å². The molecule has 2 N–H and O–H groups in total. The molecule has 3 rings (SSSR count). The Balaban J connectivity index is 1.93. The molecule has 1 amide bonds. The van der Waals surface area contributed by atoms with Gasteiger partial charge in [0.2, 0.25) is 5.91 Å². The fourth-order valence-electron chi connectivity index (χ4n) is 4.34. The Hall–Kier alpha value is -1.85. The Morgan fingerprint density at radius 3 is 2.54 bits per heavy atom. The van der Waals surface area contributed by atoms with Gasteiger partial charge in [0, 0.05) is 44.6 Å². The standard InChI is InChI=1S/C21H30N2O3/c1-13-6-11-17-20(19(13)25)26-18(12-21(17,3)22-14(2)24)15-7-9-16(10-8-15)23(4)5/h6-10,17-20,25H,11-12H2,1-5H3,(H,22,24)/t17-,18+,19-,20-,21+/m1/s1. The lowest BCUT2D eigenvalue weighted by Crippen LogP contribution is -2.62. The fourth-order valence-corrected chi connectivity index (χ4v) is 4.34. The topological polar surface area (TPSA) is 61.8 Å². The fraction of sp³-hybridized carbons (Fsp3) is 0.571. The van der Waals surface area contributed by atoms with Crippen molar-refractivity contribution in [3.63, 3.8) is 0 Å². The van der Waals surface area contributed by atoms with Crippen molar-refractivity contribution in [1.82, 2.24) is 5.32 Å². The van der Waals surface area contributed by atoms with Crippen LogP contribution in [0.4, 0.5) is 5.69 Å². The van der Waals surface area contributed by atoms with E-state index in [9.17, 15) is 9.90 Å².